The Kier molecular flexibility index (Phi) is 5.95. The Hall–Kier alpha value is -2.04. The summed E-state index contributed by atoms with van der Waals surface area (Å²) in [4.78, 5) is 14.8. The molecule has 132 valence electrons. The van der Waals surface area contributed by atoms with Crippen molar-refractivity contribution >= 4 is 17.5 Å². The molecule has 1 aliphatic rings. The van der Waals surface area contributed by atoms with Gasteiger partial charge in [-0.15, -0.1) is 0 Å². The number of likely N-dealkylation sites (tertiary alicyclic amines) is 1. The van der Waals surface area contributed by atoms with Crippen molar-refractivity contribution in [3.8, 4) is 5.75 Å². The molecule has 0 atom stereocenters. The summed E-state index contributed by atoms with van der Waals surface area (Å²) in [6.07, 6.45) is 1.93. The molecule has 1 aliphatic heterocycles. The quantitative estimate of drug-likeness (QED) is 0.886. The van der Waals surface area contributed by atoms with Crippen molar-refractivity contribution in [3.05, 3.63) is 64.7 Å². The van der Waals surface area contributed by atoms with Gasteiger partial charge in [-0.3, -0.25) is 4.79 Å². The average Bonchev–Trinajstić information content (AvgIpc) is 2.67. The van der Waals surface area contributed by atoms with E-state index in [2.05, 4.69) is 0 Å². The van der Waals surface area contributed by atoms with E-state index in [-0.39, 0.29) is 5.91 Å². The SMILES string of the molecule is NCC1CCN(C(=O)c2ccccc2OCc2ccccc2Cl)CC1. The van der Waals surface area contributed by atoms with Crippen LogP contribution in [0, 0.1) is 5.92 Å². The van der Waals surface area contributed by atoms with Gasteiger partial charge in [0.2, 0.25) is 0 Å². The van der Waals surface area contributed by atoms with E-state index < -0.39 is 0 Å². The van der Waals surface area contributed by atoms with Gasteiger partial charge >= 0.3 is 0 Å². The fraction of sp³-hybridized carbons (Fsp3) is 0.350. The van der Waals surface area contributed by atoms with Crippen molar-refractivity contribution in [2.45, 2.75) is 19.4 Å². The van der Waals surface area contributed by atoms with Crippen LogP contribution < -0.4 is 10.5 Å². The highest BCUT2D eigenvalue weighted by Gasteiger charge is 2.24. The lowest BCUT2D eigenvalue weighted by atomic mass is 9.96. The summed E-state index contributed by atoms with van der Waals surface area (Å²) >= 11 is 6.18. The maximum absolute atomic E-state index is 12.9. The molecule has 25 heavy (non-hydrogen) atoms. The molecule has 1 amide bonds. The molecule has 0 unspecified atom stereocenters. The summed E-state index contributed by atoms with van der Waals surface area (Å²) in [5, 5.41) is 0.662. The Bertz CT molecular complexity index is 727. The number of carbonyl (C=O) groups excluding carboxylic acids is 1. The fourth-order valence-corrected chi connectivity index (χ4v) is 3.27. The van der Waals surface area contributed by atoms with Crippen LogP contribution in [0.5, 0.6) is 5.75 Å². The molecular weight excluding hydrogens is 336 g/mol. The van der Waals surface area contributed by atoms with E-state index >= 15 is 0 Å². The number of hydrogen-bond donors (Lipinski definition) is 1. The van der Waals surface area contributed by atoms with Crippen LogP contribution in [0.3, 0.4) is 0 Å². The second kappa shape index (κ2) is 8.37. The average molecular weight is 359 g/mol. The van der Waals surface area contributed by atoms with Gasteiger partial charge in [0.05, 0.1) is 5.56 Å². The molecule has 0 saturated carbocycles. The first kappa shape index (κ1) is 17.8. The molecule has 1 heterocycles. The molecule has 0 bridgehead atoms. The summed E-state index contributed by atoms with van der Waals surface area (Å²) in [7, 11) is 0. The van der Waals surface area contributed by atoms with Crippen molar-refractivity contribution in [2.24, 2.45) is 11.7 Å². The van der Waals surface area contributed by atoms with Gasteiger partial charge in [0.25, 0.3) is 5.91 Å². The Morgan fingerprint density at radius 1 is 1.12 bits per heavy atom. The lowest BCUT2D eigenvalue weighted by Gasteiger charge is -2.31. The number of piperidine rings is 1. The first-order chi connectivity index (χ1) is 12.2. The number of ether oxygens (including phenoxy) is 1. The third-order valence-corrected chi connectivity index (χ3v) is 5.06. The van der Waals surface area contributed by atoms with Gasteiger partial charge in [0.1, 0.15) is 12.4 Å². The highest BCUT2D eigenvalue weighted by molar-refractivity contribution is 6.31. The van der Waals surface area contributed by atoms with Crippen LogP contribution in [0.1, 0.15) is 28.8 Å². The molecule has 0 radical (unpaired) electrons. The smallest absolute Gasteiger partial charge is 0.257 e. The number of benzene rings is 2. The predicted molar refractivity (Wildman–Crippen MR) is 99.9 cm³/mol. The first-order valence-corrected chi connectivity index (χ1v) is 9.01. The minimum Gasteiger partial charge on any atom is -0.488 e. The summed E-state index contributed by atoms with van der Waals surface area (Å²) in [5.74, 6) is 1.13. The van der Waals surface area contributed by atoms with E-state index in [1.54, 1.807) is 0 Å². The lowest BCUT2D eigenvalue weighted by Crippen LogP contribution is -2.40. The number of hydrogen-bond acceptors (Lipinski definition) is 3. The predicted octanol–water partition coefficient (Wildman–Crippen LogP) is 3.73. The molecule has 1 fully saturated rings. The molecule has 0 aliphatic carbocycles. The van der Waals surface area contributed by atoms with Crippen LogP contribution in [0.15, 0.2) is 48.5 Å². The van der Waals surface area contributed by atoms with Crippen LogP contribution in [-0.4, -0.2) is 30.4 Å². The van der Waals surface area contributed by atoms with Gasteiger partial charge in [-0.1, -0.05) is 41.9 Å². The van der Waals surface area contributed by atoms with Crippen LogP contribution in [-0.2, 0) is 6.61 Å². The summed E-state index contributed by atoms with van der Waals surface area (Å²) < 4.78 is 5.91. The van der Waals surface area contributed by atoms with Crippen LogP contribution >= 0.6 is 11.6 Å². The zero-order valence-corrected chi connectivity index (χ0v) is 14.9. The number of amides is 1. The Morgan fingerprint density at radius 2 is 1.80 bits per heavy atom. The highest BCUT2D eigenvalue weighted by Crippen LogP contribution is 2.25. The Labute approximate surface area is 153 Å². The molecule has 2 aromatic carbocycles. The summed E-state index contributed by atoms with van der Waals surface area (Å²) in [6.45, 7) is 2.53. The van der Waals surface area contributed by atoms with Gasteiger partial charge in [0.15, 0.2) is 0 Å². The molecular formula is C20H23ClN2O2. The van der Waals surface area contributed by atoms with E-state index in [9.17, 15) is 4.79 Å². The van der Waals surface area contributed by atoms with Crippen molar-refractivity contribution in [1.82, 2.24) is 4.90 Å². The van der Waals surface area contributed by atoms with E-state index in [4.69, 9.17) is 22.1 Å². The normalized spacial score (nSPS) is 15.2. The Morgan fingerprint density at radius 3 is 2.52 bits per heavy atom. The van der Waals surface area contributed by atoms with Crippen LogP contribution in [0.4, 0.5) is 0 Å². The van der Waals surface area contributed by atoms with Crippen molar-refractivity contribution < 1.29 is 9.53 Å². The number of nitrogens with two attached hydrogens (primary N) is 1. The van der Waals surface area contributed by atoms with Crippen molar-refractivity contribution in [2.75, 3.05) is 19.6 Å². The third-order valence-electron chi connectivity index (χ3n) is 4.69. The molecule has 0 spiro atoms. The van der Waals surface area contributed by atoms with E-state index in [1.807, 2.05) is 53.4 Å². The summed E-state index contributed by atoms with van der Waals surface area (Å²) in [6, 6.07) is 14.9. The van der Waals surface area contributed by atoms with Crippen LogP contribution in [0.2, 0.25) is 5.02 Å². The molecule has 2 N–H and O–H groups in total. The van der Waals surface area contributed by atoms with Gasteiger partial charge in [-0.05, 0) is 43.5 Å². The van der Waals surface area contributed by atoms with E-state index in [0.717, 1.165) is 31.5 Å². The van der Waals surface area contributed by atoms with Crippen molar-refractivity contribution in [3.63, 3.8) is 0 Å². The standard InChI is InChI=1S/C20H23ClN2O2/c21-18-7-3-1-5-16(18)14-25-19-8-4-2-6-17(19)20(24)23-11-9-15(13-22)10-12-23/h1-8,15H,9-14,22H2. The maximum Gasteiger partial charge on any atom is 0.257 e. The first-order valence-electron chi connectivity index (χ1n) is 8.63. The fourth-order valence-electron chi connectivity index (χ4n) is 3.08. The number of carbonyl (C=O) groups is 1. The minimum atomic E-state index is 0.0187. The largest absolute Gasteiger partial charge is 0.488 e. The van der Waals surface area contributed by atoms with Crippen LogP contribution in [0.25, 0.3) is 0 Å². The van der Waals surface area contributed by atoms with E-state index in [0.29, 0.717) is 35.4 Å². The third kappa shape index (κ3) is 4.33. The molecule has 4 nitrogen and oxygen atoms in total. The molecule has 0 aromatic heterocycles. The zero-order chi connectivity index (χ0) is 17.6. The highest BCUT2D eigenvalue weighted by atomic mass is 35.5. The number of para-hydroxylation sites is 1. The minimum absolute atomic E-state index is 0.0187. The molecule has 1 saturated heterocycles. The molecule has 5 heteroatoms. The van der Waals surface area contributed by atoms with Gasteiger partial charge in [0, 0.05) is 23.7 Å². The number of rotatable bonds is 5. The van der Waals surface area contributed by atoms with Gasteiger partial charge in [-0.2, -0.15) is 0 Å². The zero-order valence-electron chi connectivity index (χ0n) is 14.2. The summed E-state index contributed by atoms with van der Waals surface area (Å²) in [5.41, 5.74) is 7.23. The van der Waals surface area contributed by atoms with Crippen molar-refractivity contribution in [1.29, 1.82) is 0 Å². The maximum atomic E-state index is 12.9. The van der Waals surface area contributed by atoms with Gasteiger partial charge < -0.3 is 15.4 Å². The number of halogens is 1. The number of nitrogens with zero attached hydrogens (tertiary/aromatic N) is 1. The monoisotopic (exact) mass is 358 g/mol. The van der Waals surface area contributed by atoms with E-state index in [1.165, 1.54) is 0 Å². The molecule has 2 aromatic rings. The second-order valence-corrected chi connectivity index (χ2v) is 6.75. The second-order valence-electron chi connectivity index (χ2n) is 6.35. The molecule has 3 rings (SSSR count). The topological polar surface area (TPSA) is 55.6 Å². The lowest BCUT2D eigenvalue weighted by molar-refractivity contribution is 0.0688. The van der Waals surface area contributed by atoms with Gasteiger partial charge in [-0.25, -0.2) is 0 Å². The Balaban J connectivity index is 1.70.